The largest absolute Gasteiger partial charge is 0.342 e. The fraction of sp³-hybridized carbons (Fsp3) is 0.286. The Morgan fingerprint density at radius 2 is 2.11 bits per heavy atom. The van der Waals surface area contributed by atoms with Gasteiger partial charge in [-0.05, 0) is 40.4 Å². The van der Waals surface area contributed by atoms with E-state index >= 15 is 0 Å². The van der Waals surface area contributed by atoms with Gasteiger partial charge in [-0.25, -0.2) is 8.42 Å². The van der Waals surface area contributed by atoms with Crippen LogP contribution < -0.4 is 5.32 Å². The molecule has 0 radical (unpaired) electrons. The highest BCUT2D eigenvalue weighted by Gasteiger charge is 2.35. The number of aromatic nitrogens is 2. The van der Waals surface area contributed by atoms with Crippen molar-refractivity contribution in [3.05, 3.63) is 29.1 Å². The molecule has 0 saturated carbocycles. The molecule has 0 fully saturated rings. The second kappa shape index (κ2) is 8.59. The van der Waals surface area contributed by atoms with E-state index in [1.54, 1.807) is 24.4 Å². The van der Waals surface area contributed by atoms with Crippen LogP contribution in [0.25, 0.3) is 0 Å². The first-order valence-electron chi connectivity index (χ1n) is 7.27. The third-order valence-corrected chi connectivity index (χ3v) is 7.14. The summed E-state index contributed by atoms with van der Waals surface area (Å²) in [5.41, 5.74) is 0.289. The summed E-state index contributed by atoms with van der Waals surface area (Å²) in [6.07, 6.45) is 1.76. The van der Waals surface area contributed by atoms with Gasteiger partial charge in [0.15, 0.2) is 4.88 Å². The molecule has 0 aliphatic carbocycles. The molecule has 1 N–H and O–H groups in total. The Morgan fingerprint density at radius 1 is 1.41 bits per heavy atom. The van der Waals surface area contributed by atoms with Gasteiger partial charge < -0.3 is 5.32 Å². The van der Waals surface area contributed by atoms with Crippen molar-refractivity contribution in [2.75, 3.05) is 5.32 Å². The van der Waals surface area contributed by atoms with Crippen molar-refractivity contribution in [3.63, 3.8) is 0 Å². The quantitative estimate of drug-likeness (QED) is 0.698. The molecule has 0 spiro atoms. The Hall–Kier alpha value is -2.30. The number of alkyl halides is 2. The molecule has 1 unspecified atom stereocenters. The van der Waals surface area contributed by atoms with Crippen LogP contribution in [0.4, 0.5) is 14.5 Å². The van der Waals surface area contributed by atoms with E-state index in [-0.39, 0.29) is 10.9 Å². The molecule has 2 rings (SSSR count). The van der Waals surface area contributed by atoms with Crippen molar-refractivity contribution in [1.29, 1.82) is 5.26 Å². The van der Waals surface area contributed by atoms with E-state index in [2.05, 4.69) is 19.3 Å². The number of nitrogens with zero attached hydrogens (tertiary/aromatic N) is 4. The van der Waals surface area contributed by atoms with Crippen LogP contribution in [0.5, 0.6) is 0 Å². The molecule has 27 heavy (non-hydrogen) atoms. The monoisotopic (exact) mass is 433 g/mol. The number of hydrogen-bond donors (Lipinski definition) is 1. The summed E-state index contributed by atoms with van der Waals surface area (Å²) >= 11 is 0.399. The Kier molecular flexibility index (Phi) is 6.68. The van der Waals surface area contributed by atoms with Crippen LogP contribution in [0.3, 0.4) is 0 Å². The van der Waals surface area contributed by atoms with Crippen molar-refractivity contribution in [2.24, 2.45) is 4.36 Å². The molecule has 144 valence electrons. The zero-order valence-corrected chi connectivity index (χ0v) is 16.4. The minimum atomic E-state index is -5.05. The van der Waals surface area contributed by atoms with E-state index in [4.69, 9.17) is 5.26 Å². The number of hydrogen-bond acceptors (Lipinski definition) is 8. The second-order valence-corrected chi connectivity index (χ2v) is 10.1. The van der Waals surface area contributed by atoms with Crippen molar-refractivity contribution < 1.29 is 22.0 Å². The van der Waals surface area contributed by atoms with Crippen molar-refractivity contribution in [1.82, 2.24) is 9.59 Å². The van der Waals surface area contributed by atoms with Crippen LogP contribution in [0.2, 0.25) is 0 Å². The van der Waals surface area contributed by atoms with E-state index in [1.807, 2.05) is 13.8 Å². The molecule has 2 aromatic rings. The first-order valence-corrected chi connectivity index (χ1v) is 10.8. The van der Waals surface area contributed by atoms with Gasteiger partial charge in [0.25, 0.3) is 15.7 Å². The average Bonchev–Trinajstić information content (AvgIpc) is 3.10. The Bertz CT molecular complexity index is 1030. The van der Waals surface area contributed by atoms with Gasteiger partial charge in [0.05, 0.1) is 0 Å². The first-order chi connectivity index (χ1) is 12.7. The lowest BCUT2D eigenvalue weighted by Gasteiger charge is -2.12. The number of carbonyl (C=O) groups excluding carboxylic acids is 1. The van der Waals surface area contributed by atoms with Gasteiger partial charge in [0.1, 0.15) is 0 Å². The van der Waals surface area contributed by atoms with Gasteiger partial charge in [-0.2, -0.15) is 14.0 Å². The molecular formula is C14H13F2N5O3S3. The van der Waals surface area contributed by atoms with Gasteiger partial charge in [-0.1, -0.05) is 24.4 Å². The van der Waals surface area contributed by atoms with E-state index < -0.39 is 42.1 Å². The number of carbonyl (C=O) groups is 1. The lowest BCUT2D eigenvalue weighted by molar-refractivity contribution is 0.102. The summed E-state index contributed by atoms with van der Waals surface area (Å²) in [7, 11) is -5.78. The first kappa shape index (κ1) is 21.0. The van der Waals surface area contributed by atoms with Crippen LogP contribution in [0, 0.1) is 11.5 Å². The van der Waals surface area contributed by atoms with E-state index in [1.165, 1.54) is 6.07 Å². The van der Waals surface area contributed by atoms with Crippen LogP contribution in [-0.4, -0.2) is 34.9 Å². The summed E-state index contributed by atoms with van der Waals surface area (Å²) in [5, 5.41) is 13.4. The number of nitrogens with one attached hydrogen (secondary N) is 1. The maximum Gasteiger partial charge on any atom is 0.342 e. The third-order valence-electron chi connectivity index (χ3n) is 3.09. The number of halogens is 2. The molecule has 1 aromatic heterocycles. The molecule has 13 heteroatoms. The van der Waals surface area contributed by atoms with Crippen LogP contribution in [0.1, 0.15) is 23.5 Å². The van der Waals surface area contributed by atoms with Crippen LogP contribution >= 0.6 is 11.5 Å². The summed E-state index contributed by atoms with van der Waals surface area (Å²) in [6.45, 7) is 3.78. The summed E-state index contributed by atoms with van der Waals surface area (Å²) in [4.78, 5) is 12.5. The zero-order chi connectivity index (χ0) is 20.2. The summed E-state index contributed by atoms with van der Waals surface area (Å²) in [5.74, 6) is -4.64. The minimum absolute atomic E-state index is 0.0454. The van der Waals surface area contributed by atoms with Gasteiger partial charge in [-0.15, -0.1) is 9.46 Å². The van der Waals surface area contributed by atoms with Gasteiger partial charge in [0.2, 0.25) is 11.2 Å². The Labute approximate surface area is 160 Å². The lowest BCUT2D eigenvalue weighted by atomic mass is 10.3. The zero-order valence-electron chi connectivity index (χ0n) is 14.0. The molecule has 1 amide bonds. The number of sulfone groups is 1. The number of nitriles is 1. The normalized spacial score (nSPS) is 12.9. The molecule has 0 saturated heterocycles. The number of amides is 1. The molecule has 1 aromatic carbocycles. The highest BCUT2D eigenvalue weighted by atomic mass is 32.2. The van der Waals surface area contributed by atoms with E-state index in [0.29, 0.717) is 16.4 Å². The number of rotatable bonds is 6. The SMILES string of the molecule is CC(C)S(=NC#N)c1cccc(NC(=O)c2snnc2S(=O)(=O)C(F)F)c1. The minimum Gasteiger partial charge on any atom is -0.321 e. The van der Waals surface area contributed by atoms with Gasteiger partial charge >= 0.3 is 5.76 Å². The van der Waals surface area contributed by atoms with Crippen molar-refractivity contribution >= 4 is 43.7 Å². The maximum absolute atomic E-state index is 12.7. The van der Waals surface area contributed by atoms with Crippen molar-refractivity contribution in [2.45, 2.75) is 34.8 Å². The lowest BCUT2D eigenvalue weighted by Crippen LogP contribution is -2.18. The molecular weight excluding hydrogens is 420 g/mol. The predicted molar refractivity (Wildman–Crippen MR) is 96.3 cm³/mol. The predicted octanol–water partition coefficient (Wildman–Crippen LogP) is 2.84. The average molecular weight is 433 g/mol. The second-order valence-electron chi connectivity index (χ2n) is 5.25. The van der Waals surface area contributed by atoms with E-state index in [9.17, 15) is 22.0 Å². The molecule has 0 aliphatic heterocycles. The number of benzene rings is 1. The molecule has 0 bridgehead atoms. The smallest absolute Gasteiger partial charge is 0.321 e. The molecule has 0 aliphatic rings. The summed E-state index contributed by atoms with van der Waals surface area (Å²) < 4.78 is 55.8. The highest BCUT2D eigenvalue weighted by molar-refractivity contribution is 7.91. The standard InChI is InChI=1S/C14H13F2N5O3S3/c1-8(2)26(18-7-17)10-5-3-4-9(6-10)19-12(22)11-13(20-21-25-11)27(23,24)14(15)16/h3-6,8,14H,1-2H3,(H,19,22). The number of anilines is 1. The van der Waals surface area contributed by atoms with Gasteiger partial charge in [-0.3, -0.25) is 4.79 Å². The van der Waals surface area contributed by atoms with Crippen molar-refractivity contribution in [3.8, 4) is 6.19 Å². The fourth-order valence-corrected chi connectivity index (χ4v) is 5.02. The molecule has 1 atom stereocenters. The molecule has 1 heterocycles. The maximum atomic E-state index is 12.7. The fourth-order valence-electron chi connectivity index (χ4n) is 1.96. The van der Waals surface area contributed by atoms with Gasteiger partial charge in [0, 0.05) is 15.8 Å². The van der Waals surface area contributed by atoms with E-state index in [0.717, 1.165) is 0 Å². The van der Waals surface area contributed by atoms with Crippen LogP contribution in [0.15, 0.2) is 38.5 Å². The Morgan fingerprint density at radius 3 is 2.70 bits per heavy atom. The Balaban J connectivity index is 2.34. The highest BCUT2D eigenvalue weighted by Crippen LogP contribution is 2.24. The summed E-state index contributed by atoms with van der Waals surface area (Å²) in [6, 6.07) is 6.48. The van der Waals surface area contributed by atoms with Crippen LogP contribution in [-0.2, 0) is 20.5 Å². The molecule has 8 nitrogen and oxygen atoms in total. The third kappa shape index (κ3) is 4.71. The topological polar surface area (TPSA) is 125 Å².